The fraction of sp³-hybridized carbons (Fsp3) is 0.867. The molecule has 2 rings (SSSR count). The number of oxime groups is 1. The largest absolute Gasteiger partial charge is 0.409 e. The van der Waals surface area contributed by atoms with Crippen molar-refractivity contribution in [2.75, 3.05) is 6.54 Å². The van der Waals surface area contributed by atoms with Crippen molar-refractivity contribution in [2.45, 2.75) is 64.7 Å². The van der Waals surface area contributed by atoms with Crippen molar-refractivity contribution >= 4 is 11.7 Å². The summed E-state index contributed by atoms with van der Waals surface area (Å²) < 4.78 is 0. The van der Waals surface area contributed by atoms with E-state index in [2.05, 4.69) is 17.4 Å². The lowest BCUT2D eigenvalue weighted by molar-refractivity contribution is -0.128. The maximum Gasteiger partial charge on any atom is 0.233 e. The number of hydrogen-bond acceptors (Lipinski definition) is 3. The Bertz CT molecular complexity index is 381. The summed E-state index contributed by atoms with van der Waals surface area (Å²) in [5.41, 5.74) is 5.40. The Labute approximate surface area is 121 Å². The zero-order valence-electron chi connectivity index (χ0n) is 12.5. The highest BCUT2D eigenvalue weighted by atomic mass is 16.4. The van der Waals surface area contributed by atoms with Gasteiger partial charge in [0.2, 0.25) is 5.91 Å². The molecule has 0 unspecified atom stereocenters. The van der Waals surface area contributed by atoms with E-state index in [1.54, 1.807) is 0 Å². The van der Waals surface area contributed by atoms with Crippen LogP contribution in [0.1, 0.15) is 64.7 Å². The van der Waals surface area contributed by atoms with Crippen LogP contribution < -0.4 is 11.1 Å². The van der Waals surface area contributed by atoms with E-state index in [0.29, 0.717) is 18.3 Å². The molecular formula is C15H27N3O2. The van der Waals surface area contributed by atoms with Crippen molar-refractivity contribution in [1.29, 1.82) is 0 Å². The van der Waals surface area contributed by atoms with Gasteiger partial charge in [0.1, 0.15) is 5.41 Å². The summed E-state index contributed by atoms with van der Waals surface area (Å²) in [7, 11) is 0. The molecule has 20 heavy (non-hydrogen) atoms. The third kappa shape index (κ3) is 2.91. The van der Waals surface area contributed by atoms with Gasteiger partial charge in [-0.05, 0) is 37.5 Å². The second kappa shape index (κ2) is 6.02. The molecular weight excluding hydrogens is 254 g/mol. The van der Waals surface area contributed by atoms with E-state index in [1.165, 1.54) is 12.8 Å². The highest BCUT2D eigenvalue weighted by Crippen LogP contribution is 2.48. The van der Waals surface area contributed by atoms with Crippen molar-refractivity contribution in [2.24, 2.45) is 21.7 Å². The summed E-state index contributed by atoms with van der Waals surface area (Å²) in [6, 6.07) is 0. The zero-order valence-corrected chi connectivity index (χ0v) is 12.5. The number of rotatable bonds is 5. The molecule has 0 radical (unpaired) electrons. The number of amidine groups is 1. The van der Waals surface area contributed by atoms with Crippen molar-refractivity contribution in [3.8, 4) is 0 Å². The molecule has 4 N–H and O–H groups in total. The minimum absolute atomic E-state index is 0.0468. The molecule has 0 aliphatic heterocycles. The molecule has 114 valence electrons. The molecule has 2 aliphatic carbocycles. The van der Waals surface area contributed by atoms with E-state index < -0.39 is 5.41 Å². The molecule has 0 aromatic heterocycles. The molecule has 0 atom stereocenters. The standard InChI is InChI=1S/C15H27N3O2/c1-2-14(9-10-14)11-17-13(19)15(12(16)18-20)7-5-3-4-6-8-15/h20H,2-11H2,1H3,(H2,16,18)(H,17,19). The monoisotopic (exact) mass is 281 g/mol. The van der Waals surface area contributed by atoms with Crippen LogP contribution in [0.4, 0.5) is 0 Å². The fourth-order valence-corrected chi connectivity index (χ4v) is 3.30. The van der Waals surface area contributed by atoms with Crippen molar-refractivity contribution in [1.82, 2.24) is 5.32 Å². The second-order valence-electron chi connectivity index (χ2n) is 6.52. The van der Waals surface area contributed by atoms with E-state index in [1.807, 2.05) is 0 Å². The summed E-state index contributed by atoms with van der Waals surface area (Å²) in [5, 5.41) is 15.3. The minimum Gasteiger partial charge on any atom is -0.409 e. The van der Waals surface area contributed by atoms with Gasteiger partial charge in [-0.3, -0.25) is 4.79 Å². The predicted octanol–water partition coefficient (Wildman–Crippen LogP) is 2.38. The number of nitrogens with two attached hydrogens (primary N) is 1. The second-order valence-corrected chi connectivity index (χ2v) is 6.52. The lowest BCUT2D eigenvalue weighted by atomic mass is 9.78. The van der Waals surface area contributed by atoms with Crippen LogP contribution >= 0.6 is 0 Å². The Balaban J connectivity index is 2.07. The van der Waals surface area contributed by atoms with Crippen LogP contribution in [0.2, 0.25) is 0 Å². The van der Waals surface area contributed by atoms with E-state index >= 15 is 0 Å². The predicted molar refractivity (Wildman–Crippen MR) is 78.5 cm³/mol. The van der Waals surface area contributed by atoms with Gasteiger partial charge in [0.25, 0.3) is 0 Å². The van der Waals surface area contributed by atoms with Crippen LogP contribution in [0, 0.1) is 10.8 Å². The Morgan fingerprint density at radius 2 is 1.80 bits per heavy atom. The average Bonchev–Trinajstić information content (AvgIpc) is 3.28. The molecule has 0 heterocycles. The lowest BCUT2D eigenvalue weighted by Gasteiger charge is -2.30. The average molecular weight is 281 g/mol. The van der Waals surface area contributed by atoms with Gasteiger partial charge in [-0.15, -0.1) is 0 Å². The molecule has 5 heteroatoms. The van der Waals surface area contributed by atoms with Gasteiger partial charge in [0, 0.05) is 6.54 Å². The van der Waals surface area contributed by atoms with Crippen LogP contribution in [0.25, 0.3) is 0 Å². The first-order valence-corrected chi connectivity index (χ1v) is 7.85. The summed E-state index contributed by atoms with van der Waals surface area (Å²) in [6.45, 7) is 2.90. The number of nitrogens with zero attached hydrogens (tertiary/aromatic N) is 1. The molecule has 2 aliphatic rings. The smallest absolute Gasteiger partial charge is 0.233 e. The van der Waals surface area contributed by atoms with Crippen molar-refractivity contribution < 1.29 is 10.0 Å². The first kappa shape index (κ1) is 15.1. The van der Waals surface area contributed by atoms with Gasteiger partial charge in [0.05, 0.1) is 0 Å². The van der Waals surface area contributed by atoms with Gasteiger partial charge in [-0.2, -0.15) is 0 Å². The lowest BCUT2D eigenvalue weighted by Crippen LogP contribution is -2.50. The summed E-state index contributed by atoms with van der Waals surface area (Å²) in [5.74, 6) is 0.0349. The van der Waals surface area contributed by atoms with Crippen LogP contribution in [0.5, 0.6) is 0 Å². The highest BCUT2D eigenvalue weighted by Gasteiger charge is 2.46. The molecule has 2 saturated carbocycles. The summed E-state index contributed by atoms with van der Waals surface area (Å²) in [6.07, 6.45) is 9.02. The number of amides is 1. The zero-order chi connectivity index (χ0) is 14.6. The Morgan fingerprint density at radius 3 is 2.25 bits per heavy atom. The van der Waals surface area contributed by atoms with Crippen LogP contribution in [-0.2, 0) is 4.79 Å². The first-order valence-electron chi connectivity index (χ1n) is 7.85. The minimum atomic E-state index is -0.797. The van der Waals surface area contributed by atoms with E-state index in [0.717, 1.165) is 38.6 Å². The van der Waals surface area contributed by atoms with E-state index in [4.69, 9.17) is 10.9 Å². The van der Waals surface area contributed by atoms with E-state index in [-0.39, 0.29) is 11.7 Å². The highest BCUT2D eigenvalue weighted by molar-refractivity contribution is 6.06. The first-order chi connectivity index (χ1) is 9.58. The summed E-state index contributed by atoms with van der Waals surface area (Å²) in [4.78, 5) is 12.7. The molecule has 0 aromatic carbocycles. The van der Waals surface area contributed by atoms with Crippen LogP contribution in [0.3, 0.4) is 0 Å². The maximum atomic E-state index is 12.7. The van der Waals surface area contributed by atoms with Gasteiger partial charge in [-0.25, -0.2) is 0 Å². The van der Waals surface area contributed by atoms with Crippen LogP contribution in [0.15, 0.2) is 5.16 Å². The SMILES string of the molecule is CCC1(CNC(=O)C2(C(N)=NO)CCCCCC2)CC1. The Morgan fingerprint density at radius 1 is 1.20 bits per heavy atom. The Kier molecular flexibility index (Phi) is 4.55. The third-order valence-electron chi connectivity index (χ3n) is 5.32. The van der Waals surface area contributed by atoms with Gasteiger partial charge < -0.3 is 16.3 Å². The number of nitrogens with one attached hydrogen (secondary N) is 1. The molecule has 0 aromatic rings. The molecule has 1 amide bonds. The van der Waals surface area contributed by atoms with Crippen LogP contribution in [-0.4, -0.2) is 23.5 Å². The van der Waals surface area contributed by atoms with Gasteiger partial charge in [0.15, 0.2) is 5.84 Å². The third-order valence-corrected chi connectivity index (χ3v) is 5.32. The fourth-order valence-electron chi connectivity index (χ4n) is 3.30. The normalized spacial score (nSPS) is 24.8. The van der Waals surface area contributed by atoms with Gasteiger partial charge >= 0.3 is 0 Å². The molecule has 0 saturated heterocycles. The number of carbonyl (C=O) groups is 1. The number of hydrogen-bond donors (Lipinski definition) is 3. The molecule has 2 fully saturated rings. The summed E-state index contributed by atoms with van der Waals surface area (Å²) >= 11 is 0. The quantitative estimate of drug-likeness (QED) is 0.238. The van der Waals surface area contributed by atoms with Crippen molar-refractivity contribution in [3.05, 3.63) is 0 Å². The van der Waals surface area contributed by atoms with E-state index in [9.17, 15) is 4.79 Å². The maximum absolute atomic E-state index is 12.7. The molecule has 0 bridgehead atoms. The topological polar surface area (TPSA) is 87.7 Å². The van der Waals surface area contributed by atoms with Crippen molar-refractivity contribution in [3.63, 3.8) is 0 Å². The molecule has 0 spiro atoms. The Hall–Kier alpha value is -1.26. The number of carbonyl (C=O) groups excluding carboxylic acids is 1. The van der Waals surface area contributed by atoms with Gasteiger partial charge in [-0.1, -0.05) is 37.8 Å². The molecule has 5 nitrogen and oxygen atoms in total.